The van der Waals surface area contributed by atoms with Crippen molar-refractivity contribution in [3.63, 3.8) is 0 Å². The SMILES string of the molecule is COc1ccc(CC(C)COC(=O)c2cnn(-c3ccc([N+](=O)[O-])cc3)c2)cc1F. The number of ether oxygens (including phenoxy) is 2. The molecule has 0 amide bonds. The quantitative estimate of drug-likeness (QED) is 0.315. The Kier molecular flexibility index (Phi) is 6.41. The first kappa shape index (κ1) is 21.0. The Morgan fingerprint density at radius 3 is 2.63 bits per heavy atom. The number of benzene rings is 2. The lowest BCUT2D eigenvalue weighted by atomic mass is 10.0. The van der Waals surface area contributed by atoms with E-state index in [0.29, 0.717) is 12.1 Å². The number of nitro benzene ring substituents is 1. The van der Waals surface area contributed by atoms with Crippen LogP contribution in [-0.4, -0.2) is 34.4 Å². The molecule has 30 heavy (non-hydrogen) atoms. The van der Waals surface area contributed by atoms with Crippen LogP contribution in [0.1, 0.15) is 22.8 Å². The van der Waals surface area contributed by atoms with E-state index in [9.17, 15) is 19.3 Å². The molecule has 3 aromatic rings. The maximum absolute atomic E-state index is 13.8. The molecule has 0 N–H and O–H groups in total. The zero-order valence-electron chi connectivity index (χ0n) is 16.4. The molecule has 1 unspecified atom stereocenters. The fourth-order valence-corrected chi connectivity index (χ4v) is 2.90. The van der Waals surface area contributed by atoms with E-state index < -0.39 is 16.7 Å². The van der Waals surface area contributed by atoms with Gasteiger partial charge in [0.2, 0.25) is 0 Å². The summed E-state index contributed by atoms with van der Waals surface area (Å²) in [6.07, 6.45) is 3.40. The second-order valence-corrected chi connectivity index (χ2v) is 6.82. The van der Waals surface area contributed by atoms with Crippen molar-refractivity contribution < 1.29 is 23.6 Å². The van der Waals surface area contributed by atoms with Crippen LogP contribution in [0.4, 0.5) is 10.1 Å². The van der Waals surface area contributed by atoms with Crippen LogP contribution in [-0.2, 0) is 11.2 Å². The monoisotopic (exact) mass is 413 g/mol. The van der Waals surface area contributed by atoms with Crippen molar-refractivity contribution in [1.29, 1.82) is 0 Å². The van der Waals surface area contributed by atoms with Crippen LogP contribution in [0.5, 0.6) is 5.75 Å². The third-order valence-corrected chi connectivity index (χ3v) is 4.44. The number of methoxy groups -OCH3 is 1. The van der Waals surface area contributed by atoms with Gasteiger partial charge in [0, 0.05) is 18.3 Å². The molecule has 1 heterocycles. The minimum atomic E-state index is -0.532. The lowest BCUT2D eigenvalue weighted by Crippen LogP contribution is -2.13. The average molecular weight is 413 g/mol. The molecule has 2 aromatic carbocycles. The summed E-state index contributed by atoms with van der Waals surface area (Å²) in [6, 6.07) is 10.5. The van der Waals surface area contributed by atoms with Gasteiger partial charge in [-0.15, -0.1) is 0 Å². The number of nitrogens with zero attached hydrogens (tertiary/aromatic N) is 3. The van der Waals surface area contributed by atoms with E-state index >= 15 is 0 Å². The van der Waals surface area contributed by atoms with Gasteiger partial charge in [0.25, 0.3) is 5.69 Å². The topological polar surface area (TPSA) is 96.5 Å². The van der Waals surface area contributed by atoms with Crippen LogP contribution in [0.25, 0.3) is 5.69 Å². The highest BCUT2D eigenvalue weighted by Gasteiger charge is 2.14. The summed E-state index contributed by atoms with van der Waals surface area (Å²) in [5.74, 6) is -0.803. The summed E-state index contributed by atoms with van der Waals surface area (Å²) in [4.78, 5) is 22.5. The van der Waals surface area contributed by atoms with Crippen molar-refractivity contribution in [2.45, 2.75) is 13.3 Å². The smallest absolute Gasteiger partial charge is 0.341 e. The molecule has 8 nitrogen and oxygen atoms in total. The predicted octanol–water partition coefficient (Wildman–Crippen LogP) is 3.96. The molecule has 3 rings (SSSR count). The second-order valence-electron chi connectivity index (χ2n) is 6.82. The summed E-state index contributed by atoms with van der Waals surface area (Å²) in [6.45, 7) is 2.06. The van der Waals surface area contributed by atoms with E-state index in [1.54, 1.807) is 12.1 Å². The first-order valence-electron chi connectivity index (χ1n) is 9.16. The van der Waals surface area contributed by atoms with E-state index in [1.165, 1.54) is 54.5 Å². The minimum absolute atomic E-state index is 0.0218. The molecule has 1 aromatic heterocycles. The number of non-ortho nitro benzene ring substituents is 1. The fourth-order valence-electron chi connectivity index (χ4n) is 2.90. The molecule has 9 heteroatoms. The number of hydrogen-bond acceptors (Lipinski definition) is 6. The zero-order chi connectivity index (χ0) is 21.7. The van der Waals surface area contributed by atoms with Gasteiger partial charge in [0.15, 0.2) is 11.6 Å². The molecular weight excluding hydrogens is 393 g/mol. The number of hydrogen-bond donors (Lipinski definition) is 0. The Labute approximate surface area is 172 Å². The van der Waals surface area contributed by atoms with Crippen molar-refractivity contribution in [2.75, 3.05) is 13.7 Å². The van der Waals surface area contributed by atoms with E-state index in [1.807, 2.05) is 6.92 Å². The number of esters is 1. The van der Waals surface area contributed by atoms with Gasteiger partial charge < -0.3 is 9.47 Å². The van der Waals surface area contributed by atoms with Crippen LogP contribution >= 0.6 is 0 Å². The van der Waals surface area contributed by atoms with Crippen molar-refractivity contribution >= 4 is 11.7 Å². The summed E-state index contributed by atoms with van der Waals surface area (Å²) in [7, 11) is 1.41. The van der Waals surface area contributed by atoms with E-state index in [4.69, 9.17) is 9.47 Å². The van der Waals surface area contributed by atoms with Gasteiger partial charge in [-0.25, -0.2) is 13.9 Å². The number of aromatic nitrogens is 2. The molecule has 0 bridgehead atoms. The average Bonchev–Trinajstić information content (AvgIpc) is 3.22. The third-order valence-electron chi connectivity index (χ3n) is 4.44. The van der Waals surface area contributed by atoms with Gasteiger partial charge in [-0.3, -0.25) is 10.1 Å². The van der Waals surface area contributed by atoms with Gasteiger partial charge >= 0.3 is 5.97 Å². The Hall–Kier alpha value is -3.75. The number of carbonyl (C=O) groups is 1. The van der Waals surface area contributed by atoms with E-state index in [2.05, 4.69) is 5.10 Å². The van der Waals surface area contributed by atoms with Gasteiger partial charge in [-0.1, -0.05) is 13.0 Å². The summed E-state index contributed by atoms with van der Waals surface area (Å²) in [5, 5.41) is 14.8. The van der Waals surface area contributed by atoms with Crippen LogP contribution < -0.4 is 4.74 Å². The number of rotatable bonds is 8. The van der Waals surface area contributed by atoms with Gasteiger partial charge in [-0.05, 0) is 42.2 Å². The lowest BCUT2D eigenvalue weighted by Gasteiger charge is -2.12. The Morgan fingerprint density at radius 2 is 2.00 bits per heavy atom. The predicted molar refractivity (Wildman–Crippen MR) is 106 cm³/mol. The van der Waals surface area contributed by atoms with Crippen molar-refractivity contribution in [3.05, 3.63) is 81.9 Å². The summed E-state index contributed by atoms with van der Waals surface area (Å²) < 4.78 is 25.5. The van der Waals surface area contributed by atoms with Crippen LogP contribution in [0, 0.1) is 21.8 Å². The van der Waals surface area contributed by atoms with Gasteiger partial charge in [0.1, 0.15) is 0 Å². The van der Waals surface area contributed by atoms with Crippen LogP contribution in [0.2, 0.25) is 0 Å². The van der Waals surface area contributed by atoms with E-state index in [-0.39, 0.29) is 29.5 Å². The van der Waals surface area contributed by atoms with Crippen molar-refractivity contribution in [2.24, 2.45) is 5.92 Å². The summed E-state index contributed by atoms with van der Waals surface area (Å²) >= 11 is 0. The highest BCUT2D eigenvalue weighted by Crippen LogP contribution is 2.20. The Balaban J connectivity index is 1.56. The molecule has 1 atom stereocenters. The second kappa shape index (κ2) is 9.17. The molecule has 0 saturated heterocycles. The van der Waals surface area contributed by atoms with Crippen LogP contribution in [0.15, 0.2) is 54.9 Å². The molecule has 0 aliphatic carbocycles. The lowest BCUT2D eigenvalue weighted by molar-refractivity contribution is -0.384. The molecule has 0 aliphatic heterocycles. The molecule has 0 fully saturated rings. The molecule has 0 aliphatic rings. The first-order valence-corrected chi connectivity index (χ1v) is 9.16. The minimum Gasteiger partial charge on any atom is -0.494 e. The normalized spacial score (nSPS) is 11.7. The fraction of sp³-hybridized carbons (Fsp3) is 0.238. The maximum Gasteiger partial charge on any atom is 0.341 e. The summed E-state index contributed by atoms with van der Waals surface area (Å²) in [5.41, 5.74) is 1.59. The third kappa shape index (κ3) is 4.99. The Bertz CT molecular complexity index is 1050. The first-order chi connectivity index (χ1) is 14.4. The van der Waals surface area contributed by atoms with Gasteiger partial charge in [-0.2, -0.15) is 5.10 Å². The van der Waals surface area contributed by atoms with Crippen LogP contribution in [0.3, 0.4) is 0 Å². The zero-order valence-corrected chi connectivity index (χ0v) is 16.4. The standard InChI is InChI=1S/C21H20FN3O5/c1-14(9-15-3-8-20(29-2)19(22)10-15)13-30-21(26)16-11-23-24(12-16)17-4-6-18(7-5-17)25(27)28/h3-8,10-12,14H,9,13H2,1-2H3. The number of nitro groups is 1. The van der Waals surface area contributed by atoms with Crippen molar-refractivity contribution in [1.82, 2.24) is 9.78 Å². The highest BCUT2D eigenvalue weighted by atomic mass is 19.1. The number of carbonyl (C=O) groups excluding carboxylic acids is 1. The molecular formula is C21H20FN3O5. The van der Waals surface area contributed by atoms with Crippen molar-refractivity contribution in [3.8, 4) is 11.4 Å². The maximum atomic E-state index is 13.8. The number of halogens is 1. The highest BCUT2D eigenvalue weighted by molar-refractivity contribution is 5.88. The van der Waals surface area contributed by atoms with Gasteiger partial charge in [0.05, 0.1) is 36.1 Å². The molecule has 0 radical (unpaired) electrons. The molecule has 0 spiro atoms. The Morgan fingerprint density at radius 1 is 1.27 bits per heavy atom. The van der Waals surface area contributed by atoms with E-state index in [0.717, 1.165) is 5.56 Å². The molecule has 0 saturated carbocycles. The molecule has 156 valence electrons. The largest absolute Gasteiger partial charge is 0.494 e.